The van der Waals surface area contributed by atoms with E-state index in [9.17, 15) is 9.18 Å². The molecule has 1 aliphatic rings. The lowest BCUT2D eigenvalue weighted by molar-refractivity contribution is -0.131. The van der Waals surface area contributed by atoms with Crippen LogP contribution in [0, 0.1) is 5.82 Å². The van der Waals surface area contributed by atoms with Crippen molar-refractivity contribution in [1.82, 2.24) is 24.6 Å². The second-order valence-electron chi connectivity index (χ2n) is 6.70. The lowest BCUT2D eigenvalue weighted by atomic mass is 9.92. The second kappa shape index (κ2) is 6.82. The van der Waals surface area contributed by atoms with Gasteiger partial charge < -0.3 is 4.90 Å². The summed E-state index contributed by atoms with van der Waals surface area (Å²) in [6.07, 6.45) is 5.28. The first kappa shape index (κ1) is 16.6. The smallest absolute Gasteiger partial charge is 0.226 e. The molecule has 134 valence electrons. The van der Waals surface area contributed by atoms with E-state index in [-0.39, 0.29) is 24.1 Å². The maximum absolute atomic E-state index is 13.3. The molecule has 0 atom stereocenters. The molecule has 26 heavy (non-hydrogen) atoms. The fourth-order valence-corrected chi connectivity index (χ4v) is 3.62. The second-order valence-corrected chi connectivity index (χ2v) is 6.70. The predicted octanol–water partition coefficient (Wildman–Crippen LogP) is 2.45. The molecule has 0 radical (unpaired) electrons. The van der Waals surface area contributed by atoms with E-state index in [1.165, 1.54) is 12.1 Å². The molecule has 6 nitrogen and oxygen atoms in total. The quantitative estimate of drug-likeness (QED) is 0.726. The largest absolute Gasteiger partial charge is 0.342 e. The van der Waals surface area contributed by atoms with Crippen LogP contribution in [0.1, 0.15) is 30.0 Å². The van der Waals surface area contributed by atoms with Gasteiger partial charge in [-0.3, -0.25) is 4.79 Å². The van der Waals surface area contributed by atoms with E-state index >= 15 is 0 Å². The first-order chi connectivity index (χ1) is 12.6. The minimum Gasteiger partial charge on any atom is -0.342 e. The van der Waals surface area contributed by atoms with Crippen molar-refractivity contribution in [2.75, 3.05) is 13.1 Å². The van der Waals surface area contributed by atoms with Gasteiger partial charge in [-0.2, -0.15) is 5.10 Å². The lowest BCUT2D eigenvalue weighted by Crippen LogP contribution is -2.38. The molecule has 1 aromatic carbocycles. The molecule has 0 aliphatic carbocycles. The van der Waals surface area contributed by atoms with Crippen LogP contribution >= 0.6 is 0 Å². The Balaban J connectivity index is 1.43. The summed E-state index contributed by atoms with van der Waals surface area (Å²) in [6, 6.07) is 6.23. The van der Waals surface area contributed by atoms with Crippen molar-refractivity contribution in [3.63, 3.8) is 0 Å². The van der Waals surface area contributed by atoms with Crippen LogP contribution in [-0.2, 0) is 18.3 Å². The van der Waals surface area contributed by atoms with E-state index in [0.717, 1.165) is 29.7 Å². The number of aryl methyl sites for hydroxylation is 1. The maximum Gasteiger partial charge on any atom is 0.226 e. The van der Waals surface area contributed by atoms with Gasteiger partial charge >= 0.3 is 0 Å². The first-order valence-corrected chi connectivity index (χ1v) is 8.77. The number of likely N-dealkylation sites (tertiary alicyclic amines) is 1. The SMILES string of the molecule is Cn1nc(C2CCN(C(=O)Cc3cccc(F)c3)CC2)c2nccnc21. The number of aromatic nitrogens is 4. The van der Waals surface area contributed by atoms with Gasteiger partial charge in [0, 0.05) is 38.4 Å². The Morgan fingerprint density at radius 1 is 1.23 bits per heavy atom. The minimum absolute atomic E-state index is 0.0414. The molecule has 3 heterocycles. The molecule has 1 saturated heterocycles. The highest BCUT2D eigenvalue weighted by atomic mass is 19.1. The normalized spacial score (nSPS) is 15.5. The summed E-state index contributed by atoms with van der Waals surface area (Å²) in [7, 11) is 1.87. The van der Waals surface area contributed by atoms with Crippen LogP contribution < -0.4 is 0 Å². The number of carbonyl (C=O) groups is 1. The fraction of sp³-hybridized carbons (Fsp3) is 0.368. The number of fused-ring (bicyclic) bond motifs is 1. The molecule has 1 fully saturated rings. The average Bonchev–Trinajstić information content (AvgIpc) is 2.99. The van der Waals surface area contributed by atoms with E-state index in [2.05, 4.69) is 15.1 Å². The summed E-state index contributed by atoms with van der Waals surface area (Å²) >= 11 is 0. The standard InChI is InChI=1S/C19H20FN5O/c1-24-19-18(21-7-8-22-19)17(23-24)14-5-9-25(10-6-14)16(26)12-13-3-2-4-15(20)11-13/h2-4,7-8,11,14H,5-6,9-10,12H2,1H3. The van der Waals surface area contributed by atoms with E-state index in [4.69, 9.17) is 0 Å². The molecule has 0 unspecified atom stereocenters. The van der Waals surface area contributed by atoms with Crippen molar-refractivity contribution >= 4 is 17.1 Å². The highest BCUT2D eigenvalue weighted by Crippen LogP contribution is 2.30. The number of amides is 1. The number of rotatable bonds is 3. The monoisotopic (exact) mass is 353 g/mol. The Labute approximate surface area is 150 Å². The molecule has 0 saturated carbocycles. The number of hydrogen-bond acceptors (Lipinski definition) is 4. The lowest BCUT2D eigenvalue weighted by Gasteiger charge is -2.31. The summed E-state index contributed by atoms with van der Waals surface area (Å²) < 4.78 is 15.0. The van der Waals surface area contributed by atoms with Crippen LogP contribution in [0.2, 0.25) is 0 Å². The van der Waals surface area contributed by atoms with Gasteiger partial charge in [-0.1, -0.05) is 12.1 Å². The Kier molecular flexibility index (Phi) is 4.36. The van der Waals surface area contributed by atoms with Gasteiger partial charge in [0.25, 0.3) is 0 Å². The third-order valence-electron chi connectivity index (χ3n) is 4.96. The topological polar surface area (TPSA) is 63.9 Å². The maximum atomic E-state index is 13.3. The zero-order valence-electron chi connectivity index (χ0n) is 14.6. The number of carbonyl (C=O) groups excluding carboxylic acids is 1. The fourth-order valence-electron chi connectivity index (χ4n) is 3.62. The van der Waals surface area contributed by atoms with Crippen molar-refractivity contribution in [2.24, 2.45) is 7.05 Å². The summed E-state index contributed by atoms with van der Waals surface area (Å²) in [5.41, 5.74) is 3.31. The number of benzene rings is 1. The summed E-state index contributed by atoms with van der Waals surface area (Å²) in [6.45, 7) is 1.36. The van der Waals surface area contributed by atoms with Gasteiger partial charge in [0.05, 0.1) is 12.1 Å². The third kappa shape index (κ3) is 3.16. The molecule has 0 N–H and O–H groups in total. The Morgan fingerprint density at radius 3 is 2.77 bits per heavy atom. The van der Waals surface area contributed by atoms with Crippen LogP contribution in [0.3, 0.4) is 0 Å². The molecule has 1 aliphatic heterocycles. The highest BCUT2D eigenvalue weighted by molar-refractivity contribution is 5.79. The molecule has 4 rings (SSSR count). The van der Waals surface area contributed by atoms with Gasteiger partial charge in [0.1, 0.15) is 11.3 Å². The van der Waals surface area contributed by atoms with Gasteiger partial charge in [0.2, 0.25) is 5.91 Å². The van der Waals surface area contributed by atoms with Crippen molar-refractivity contribution < 1.29 is 9.18 Å². The number of piperidine rings is 1. The first-order valence-electron chi connectivity index (χ1n) is 8.77. The third-order valence-corrected chi connectivity index (χ3v) is 4.96. The van der Waals surface area contributed by atoms with Crippen LogP contribution in [-0.4, -0.2) is 43.6 Å². The molecular weight excluding hydrogens is 333 g/mol. The van der Waals surface area contributed by atoms with Gasteiger partial charge in [-0.05, 0) is 30.5 Å². The number of halogens is 1. The van der Waals surface area contributed by atoms with Crippen molar-refractivity contribution in [1.29, 1.82) is 0 Å². The van der Waals surface area contributed by atoms with Crippen molar-refractivity contribution in [3.8, 4) is 0 Å². The van der Waals surface area contributed by atoms with E-state index in [1.807, 2.05) is 11.9 Å². The molecule has 1 amide bonds. The van der Waals surface area contributed by atoms with Crippen molar-refractivity contribution in [3.05, 3.63) is 53.7 Å². The van der Waals surface area contributed by atoms with Crippen LogP contribution in [0.15, 0.2) is 36.7 Å². The number of nitrogens with zero attached hydrogens (tertiary/aromatic N) is 5. The van der Waals surface area contributed by atoms with E-state index < -0.39 is 0 Å². The average molecular weight is 353 g/mol. The van der Waals surface area contributed by atoms with Crippen molar-refractivity contribution in [2.45, 2.75) is 25.2 Å². The summed E-state index contributed by atoms with van der Waals surface area (Å²) in [5.74, 6) is 0.00508. The van der Waals surface area contributed by atoms with Crippen LogP contribution in [0.5, 0.6) is 0 Å². The zero-order valence-corrected chi connectivity index (χ0v) is 14.6. The van der Waals surface area contributed by atoms with Gasteiger partial charge in [0.15, 0.2) is 5.65 Å². The molecule has 3 aromatic rings. The van der Waals surface area contributed by atoms with Gasteiger partial charge in [-0.25, -0.2) is 19.0 Å². The van der Waals surface area contributed by atoms with E-state index in [0.29, 0.717) is 18.7 Å². The zero-order chi connectivity index (χ0) is 18.1. The summed E-state index contributed by atoms with van der Waals surface area (Å²) in [5, 5.41) is 4.61. The van der Waals surface area contributed by atoms with Gasteiger partial charge in [-0.15, -0.1) is 0 Å². The molecule has 0 spiro atoms. The molecule has 7 heteroatoms. The molecule has 2 aromatic heterocycles. The minimum atomic E-state index is -0.308. The van der Waals surface area contributed by atoms with Crippen LogP contribution in [0.4, 0.5) is 4.39 Å². The molecular formula is C19H20FN5O. The Hall–Kier alpha value is -2.83. The van der Waals surface area contributed by atoms with E-state index in [1.54, 1.807) is 29.2 Å². The van der Waals surface area contributed by atoms with Crippen LogP contribution in [0.25, 0.3) is 11.2 Å². The Morgan fingerprint density at radius 2 is 2.00 bits per heavy atom. The predicted molar refractivity (Wildman–Crippen MR) is 95.0 cm³/mol. The molecule has 0 bridgehead atoms. The Bertz CT molecular complexity index is 946. The highest BCUT2D eigenvalue weighted by Gasteiger charge is 2.27. The number of hydrogen-bond donors (Lipinski definition) is 0. The summed E-state index contributed by atoms with van der Waals surface area (Å²) in [4.78, 5) is 23.1.